The molecule has 2 nitrogen and oxygen atoms in total. The molecular weight excluding hydrogens is 144 g/mol. The van der Waals surface area contributed by atoms with Crippen LogP contribution in [-0.4, -0.2) is 14.7 Å². The van der Waals surface area contributed by atoms with Gasteiger partial charge in [0.05, 0.1) is 17.6 Å². The van der Waals surface area contributed by atoms with E-state index in [0.29, 0.717) is 0 Å². The molecule has 0 radical (unpaired) electrons. The molecule has 1 N–H and O–H groups in total. The highest BCUT2D eigenvalue weighted by Gasteiger charge is 2.11. The van der Waals surface area contributed by atoms with E-state index in [0.717, 1.165) is 5.03 Å². The highest BCUT2D eigenvalue weighted by atomic mass is 32.2. The zero-order chi connectivity index (χ0) is 7.61. The van der Waals surface area contributed by atoms with Crippen LogP contribution in [-0.2, 0) is 0 Å². The molecule has 56 valence electrons. The Kier molecular flexibility index (Phi) is 2.04. The molecule has 0 spiro atoms. The lowest BCUT2D eigenvalue weighted by atomic mass is 10.3. The molecule has 0 aliphatic carbocycles. The molecule has 0 bridgehead atoms. The Bertz CT molecular complexity index is 186. The second-order valence-electron chi connectivity index (χ2n) is 3.13. The Hall–Kier alpha value is -0.440. The summed E-state index contributed by atoms with van der Waals surface area (Å²) < 4.78 is 0.270. The van der Waals surface area contributed by atoms with Crippen LogP contribution < -0.4 is 0 Å². The summed E-state index contributed by atoms with van der Waals surface area (Å²) >= 11 is 1.79. The topological polar surface area (TPSA) is 28.7 Å². The van der Waals surface area contributed by atoms with Crippen LogP contribution in [0.2, 0.25) is 0 Å². The first kappa shape index (κ1) is 7.66. The molecule has 0 saturated carbocycles. The van der Waals surface area contributed by atoms with Gasteiger partial charge in [-0.05, 0) is 0 Å². The van der Waals surface area contributed by atoms with Gasteiger partial charge < -0.3 is 4.98 Å². The van der Waals surface area contributed by atoms with Crippen LogP contribution in [0.5, 0.6) is 0 Å². The molecule has 0 aliphatic heterocycles. The number of hydrogen-bond acceptors (Lipinski definition) is 2. The Morgan fingerprint density at radius 2 is 2.20 bits per heavy atom. The molecule has 0 aromatic carbocycles. The minimum atomic E-state index is 0.270. The highest BCUT2D eigenvalue weighted by Crippen LogP contribution is 2.29. The third-order valence-corrected chi connectivity index (χ3v) is 1.94. The van der Waals surface area contributed by atoms with Crippen LogP contribution in [0.4, 0.5) is 0 Å². The molecule has 0 saturated heterocycles. The van der Waals surface area contributed by atoms with Crippen molar-refractivity contribution in [3.05, 3.63) is 12.5 Å². The summed E-state index contributed by atoms with van der Waals surface area (Å²) in [6.45, 7) is 6.54. The number of rotatable bonds is 1. The van der Waals surface area contributed by atoms with Crippen molar-refractivity contribution in [1.82, 2.24) is 9.97 Å². The van der Waals surface area contributed by atoms with E-state index < -0.39 is 0 Å². The average Bonchev–Trinajstić information content (AvgIpc) is 2.12. The summed E-state index contributed by atoms with van der Waals surface area (Å²) in [5, 5.41) is 1.13. The summed E-state index contributed by atoms with van der Waals surface area (Å²) in [5.74, 6) is 0. The van der Waals surface area contributed by atoms with Gasteiger partial charge in [-0.25, -0.2) is 4.98 Å². The smallest absolute Gasteiger partial charge is 0.0928 e. The first-order chi connectivity index (χ1) is 4.58. The van der Waals surface area contributed by atoms with E-state index in [1.165, 1.54) is 0 Å². The molecule has 10 heavy (non-hydrogen) atoms. The van der Waals surface area contributed by atoms with Crippen LogP contribution in [0.25, 0.3) is 0 Å². The van der Waals surface area contributed by atoms with Gasteiger partial charge in [0, 0.05) is 4.75 Å². The first-order valence-corrected chi connectivity index (χ1v) is 4.07. The predicted molar refractivity (Wildman–Crippen MR) is 44.2 cm³/mol. The van der Waals surface area contributed by atoms with Crippen molar-refractivity contribution in [2.75, 3.05) is 0 Å². The molecule has 0 atom stereocenters. The van der Waals surface area contributed by atoms with Crippen molar-refractivity contribution in [2.45, 2.75) is 30.5 Å². The summed E-state index contributed by atoms with van der Waals surface area (Å²) in [7, 11) is 0. The number of imidazole rings is 1. The second kappa shape index (κ2) is 2.66. The van der Waals surface area contributed by atoms with E-state index in [-0.39, 0.29) is 4.75 Å². The van der Waals surface area contributed by atoms with Gasteiger partial charge in [0.25, 0.3) is 0 Å². The fourth-order valence-electron chi connectivity index (χ4n) is 0.629. The van der Waals surface area contributed by atoms with Gasteiger partial charge in [-0.3, -0.25) is 0 Å². The number of thioether (sulfide) groups is 1. The Balaban J connectivity index is 2.57. The van der Waals surface area contributed by atoms with E-state index in [9.17, 15) is 0 Å². The van der Waals surface area contributed by atoms with Crippen molar-refractivity contribution < 1.29 is 0 Å². The maximum absolute atomic E-state index is 3.93. The fraction of sp³-hybridized carbons (Fsp3) is 0.571. The molecule has 0 fully saturated rings. The molecule has 1 aromatic heterocycles. The van der Waals surface area contributed by atoms with Gasteiger partial charge in [0.2, 0.25) is 0 Å². The molecule has 1 heterocycles. The molecule has 3 heteroatoms. The lowest BCUT2D eigenvalue weighted by molar-refractivity contribution is 0.800. The first-order valence-electron chi connectivity index (χ1n) is 3.25. The van der Waals surface area contributed by atoms with E-state index in [1.807, 2.05) is 6.20 Å². The number of H-pyrrole nitrogens is 1. The van der Waals surface area contributed by atoms with Crippen molar-refractivity contribution in [1.29, 1.82) is 0 Å². The van der Waals surface area contributed by atoms with Crippen molar-refractivity contribution in [3.63, 3.8) is 0 Å². The van der Waals surface area contributed by atoms with E-state index in [1.54, 1.807) is 18.1 Å². The maximum Gasteiger partial charge on any atom is 0.0928 e. The lowest BCUT2D eigenvalue weighted by Crippen LogP contribution is -2.06. The van der Waals surface area contributed by atoms with Gasteiger partial charge in [0.1, 0.15) is 0 Å². The Morgan fingerprint density at radius 3 is 2.60 bits per heavy atom. The second-order valence-corrected chi connectivity index (χ2v) is 5.00. The van der Waals surface area contributed by atoms with Crippen molar-refractivity contribution in [3.8, 4) is 0 Å². The monoisotopic (exact) mass is 156 g/mol. The lowest BCUT2D eigenvalue weighted by Gasteiger charge is -2.15. The number of hydrogen-bond donors (Lipinski definition) is 1. The SMILES string of the molecule is CC(C)(C)Sc1cnc[nH]1. The minimum absolute atomic E-state index is 0.270. The predicted octanol–water partition coefficient (Wildman–Crippen LogP) is 2.30. The van der Waals surface area contributed by atoms with E-state index in [2.05, 4.69) is 30.7 Å². The van der Waals surface area contributed by atoms with Gasteiger partial charge in [-0.15, -0.1) is 11.8 Å². The third-order valence-electron chi connectivity index (χ3n) is 0.889. The van der Waals surface area contributed by atoms with Crippen LogP contribution in [0.15, 0.2) is 17.6 Å². The number of aromatic nitrogens is 2. The summed E-state index contributed by atoms with van der Waals surface area (Å²) in [4.78, 5) is 6.98. The standard InChI is InChI=1S/C7H12N2S/c1-7(2,3)10-6-4-8-5-9-6/h4-5H,1-3H3,(H,8,9). The third kappa shape index (κ3) is 2.43. The van der Waals surface area contributed by atoms with Crippen molar-refractivity contribution >= 4 is 11.8 Å². The summed E-state index contributed by atoms with van der Waals surface area (Å²) in [6, 6.07) is 0. The van der Waals surface area contributed by atoms with Crippen LogP contribution >= 0.6 is 11.8 Å². The number of nitrogens with one attached hydrogen (secondary N) is 1. The summed E-state index contributed by atoms with van der Waals surface area (Å²) in [6.07, 6.45) is 3.55. The molecule has 0 amide bonds. The quantitative estimate of drug-likeness (QED) is 0.632. The van der Waals surface area contributed by atoms with E-state index >= 15 is 0 Å². The molecule has 0 aliphatic rings. The zero-order valence-corrected chi connectivity index (χ0v) is 7.33. The van der Waals surface area contributed by atoms with Crippen molar-refractivity contribution in [2.24, 2.45) is 0 Å². The highest BCUT2D eigenvalue weighted by molar-refractivity contribution is 8.00. The van der Waals surface area contributed by atoms with Gasteiger partial charge >= 0.3 is 0 Å². The maximum atomic E-state index is 3.93. The Morgan fingerprint density at radius 1 is 1.50 bits per heavy atom. The molecular formula is C7H12N2S. The fourth-order valence-corrected chi connectivity index (χ4v) is 1.51. The Labute approximate surface area is 65.4 Å². The average molecular weight is 156 g/mol. The van der Waals surface area contributed by atoms with E-state index in [4.69, 9.17) is 0 Å². The van der Waals surface area contributed by atoms with Gasteiger partial charge in [0.15, 0.2) is 0 Å². The van der Waals surface area contributed by atoms with Crippen LogP contribution in [0.1, 0.15) is 20.8 Å². The number of aromatic amines is 1. The molecule has 1 aromatic rings. The van der Waals surface area contributed by atoms with Gasteiger partial charge in [-0.2, -0.15) is 0 Å². The zero-order valence-electron chi connectivity index (χ0n) is 6.51. The van der Waals surface area contributed by atoms with Crippen LogP contribution in [0.3, 0.4) is 0 Å². The minimum Gasteiger partial charge on any atom is -0.340 e. The normalized spacial score (nSPS) is 11.9. The largest absolute Gasteiger partial charge is 0.340 e. The summed E-state index contributed by atoms with van der Waals surface area (Å²) in [5.41, 5.74) is 0. The van der Waals surface area contributed by atoms with Crippen LogP contribution in [0, 0.1) is 0 Å². The van der Waals surface area contributed by atoms with Gasteiger partial charge in [-0.1, -0.05) is 20.8 Å². The molecule has 1 rings (SSSR count). The molecule has 0 unspecified atom stereocenters. The number of nitrogens with zero attached hydrogens (tertiary/aromatic N) is 1.